The largest absolute Gasteiger partial charge is 0.497 e. The fraction of sp³-hybridized carbons (Fsp3) is 0.381. The Bertz CT molecular complexity index is 902. The molecule has 0 saturated heterocycles. The lowest BCUT2D eigenvalue weighted by molar-refractivity contribution is -0.107. The first kappa shape index (κ1) is 23.5. The molecule has 0 radical (unpaired) electrons. The number of carbonyl (C=O) groups excluding carboxylic acids is 1. The Morgan fingerprint density at radius 1 is 0.800 bits per heavy atom. The van der Waals surface area contributed by atoms with Crippen molar-refractivity contribution in [3.05, 3.63) is 47.5 Å². The highest BCUT2D eigenvalue weighted by Crippen LogP contribution is 2.30. The van der Waals surface area contributed by atoms with Gasteiger partial charge in [0.15, 0.2) is 0 Å². The summed E-state index contributed by atoms with van der Waals surface area (Å²) in [6, 6.07) is 10.4. The Hall–Kier alpha value is -2.78. The molecule has 30 heavy (non-hydrogen) atoms. The first-order valence-corrected chi connectivity index (χ1v) is 10.8. The molecular formula is C21H27NO7S. The van der Waals surface area contributed by atoms with Gasteiger partial charge in [0.2, 0.25) is 10.0 Å². The van der Waals surface area contributed by atoms with Crippen molar-refractivity contribution < 1.29 is 32.2 Å². The first-order valence-electron chi connectivity index (χ1n) is 9.21. The Labute approximate surface area is 177 Å². The van der Waals surface area contributed by atoms with Gasteiger partial charge in [0.1, 0.15) is 29.3 Å². The van der Waals surface area contributed by atoms with E-state index in [2.05, 4.69) is 0 Å². The molecule has 0 bridgehead atoms. The van der Waals surface area contributed by atoms with Crippen molar-refractivity contribution in [2.45, 2.75) is 19.5 Å². The molecule has 2 aromatic rings. The van der Waals surface area contributed by atoms with E-state index in [0.717, 1.165) is 0 Å². The number of sulfonamides is 1. The molecule has 0 atom stereocenters. The van der Waals surface area contributed by atoms with Crippen LogP contribution in [0.15, 0.2) is 36.4 Å². The van der Waals surface area contributed by atoms with E-state index < -0.39 is 10.0 Å². The van der Waals surface area contributed by atoms with Crippen LogP contribution in [-0.4, -0.2) is 53.2 Å². The Balaban J connectivity index is 2.43. The molecule has 0 fully saturated rings. The molecule has 0 aliphatic heterocycles. The van der Waals surface area contributed by atoms with Crippen LogP contribution in [0.25, 0.3) is 0 Å². The predicted molar refractivity (Wildman–Crippen MR) is 113 cm³/mol. The fourth-order valence-corrected chi connectivity index (χ4v) is 4.25. The number of ether oxygens (including phenoxy) is 4. The standard InChI is InChI=1S/C21H27NO7S/c1-26-18-8-6-16(20(12-18)28-3)14-22(30(24,25)11-5-10-23)15-17-7-9-19(27-2)13-21(17)29-4/h6-10,12-13H,5,11,14-15H2,1-4H3. The minimum absolute atomic E-state index is 0.0591. The summed E-state index contributed by atoms with van der Waals surface area (Å²) in [5, 5.41) is 0. The second kappa shape index (κ2) is 10.8. The van der Waals surface area contributed by atoms with Gasteiger partial charge in [-0.2, -0.15) is 4.31 Å². The van der Waals surface area contributed by atoms with Gasteiger partial charge in [0.05, 0.1) is 34.2 Å². The van der Waals surface area contributed by atoms with E-state index >= 15 is 0 Å². The minimum Gasteiger partial charge on any atom is -0.497 e. The van der Waals surface area contributed by atoms with Gasteiger partial charge in [-0.05, 0) is 12.1 Å². The van der Waals surface area contributed by atoms with Gasteiger partial charge >= 0.3 is 0 Å². The van der Waals surface area contributed by atoms with E-state index in [-0.39, 0.29) is 25.3 Å². The smallest absolute Gasteiger partial charge is 0.215 e. The number of aldehydes is 1. The summed E-state index contributed by atoms with van der Waals surface area (Å²) >= 11 is 0. The van der Waals surface area contributed by atoms with Crippen LogP contribution in [0.4, 0.5) is 0 Å². The lowest BCUT2D eigenvalue weighted by Crippen LogP contribution is -2.32. The number of nitrogens with zero attached hydrogens (tertiary/aromatic N) is 1. The zero-order chi connectivity index (χ0) is 22.1. The van der Waals surface area contributed by atoms with Crippen LogP contribution in [0.3, 0.4) is 0 Å². The summed E-state index contributed by atoms with van der Waals surface area (Å²) < 4.78 is 48.5. The third-order valence-electron chi connectivity index (χ3n) is 4.57. The number of hydrogen-bond donors (Lipinski definition) is 0. The highest BCUT2D eigenvalue weighted by Gasteiger charge is 2.25. The molecule has 0 heterocycles. The van der Waals surface area contributed by atoms with E-state index in [9.17, 15) is 13.2 Å². The Morgan fingerprint density at radius 3 is 1.63 bits per heavy atom. The molecule has 0 unspecified atom stereocenters. The normalized spacial score (nSPS) is 11.2. The Kier molecular flexibility index (Phi) is 8.49. The maximum Gasteiger partial charge on any atom is 0.215 e. The molecule has 0 spiro atoms. The third-order valence-corrected chi connectivity index (χ3v) is 6.37. The summed E-state index contributed by atoms with van der Waals surface area (Å²) in [6.45, 7) is 0.118. The molecule has 0 aromatic heterocycles. The zero-order valence-electron chi connectivity index (χ0n) is 17.6. The topological polar surface area (TPSA) is 91.4 Å². The summed E-state index contributed by atoms with van der Waals surface area (Å²) in [4.78, 5) is 10.8. The predicted octanol–water partition coefficient (Wildman–Crippen LogP) is 2.64. The van der Waals surface area contributed by atoms with Crippen LogP contribution in [0, 0.1) is 0 Å². The fourth-order valence-electron chi connectivity index (χ4n) is 2.92. The van der Waals surface area contributed by atoms with Gasteiger partial charge in [-0.1, -0.05) is 12.1 Å². The maximum absolute atomic E-state index is 13.0. The Morgan fingerprint density at radius 2 is 1.27 bits per heavy atom. The highest BCUT2D eigenvalue weighted by molar-refractivity contribution is 7.89. The van der Waals surface area contributed by atoms with Crippen LogP contribution in [0.1, 0.15) is 17.5 Å². The van der Waals surface area contributed by atoms with E-state index in [1.807, 2.05) is 0 Å². The molecule has 2 rings (SSSR count). The second-order valence-electron chi connectivity index (χ2n) is 6.39. The zero-order valence-corrected chi connectivity index (χ0v) is 18.4. The van der Waals surface area contributed by atoms with Gasteiger partial charge in [-0.25, -0.2) is 8.42 Å². The second-order valence-corrected chi connectivity index (χ2v) is 8.48. The van der Waals surface area contributed by atoms with Crippen LogP contribution < -0.4 is 18.9 Å². The SMILES string of the molecule is COc1ccc(CN(Cc2ccc(OC)cc2OC)S(=O)(=O)CCC=O)c(OC)c1. The summed E-state index contributed by atoms with van der Waals surface area (Å²) in [5.41, 5.74) is 1.33. The lowest BCUT2D eigenvalue weighted by Gasteiger charge is -2.24. The summed E-state index contributed by atoms with van der Waals surface area (Å²) in [6.07, 6.45) is 0.510. The molecule has 0 N–H and O–H groups in total. The van der Waals surface area contributed by atoms with E-state index in [4.69, 9.17) is 18.9 Å². The summed E-state index contributed by atoms with van der Waals surface area (Å²) in [7, 11) is 2.37. The molecular weight excluding hydrogens is 410 g/mol. The number of carbonyl (C=O) groups is 1. The van der Waals surface area contributed by atoms with Crippen molar-refractivity contribution >= 4 is 16.3 Å². The van der Waals surface area contributed by atoms with Crippen molar-refractivity contribution in [2.24, 2.45) is 0 Å². The average molecular weight is 438 g/mol. The molecule has 0 aliphatic carbocycles. The van der Waals surface area contributed by atoms with Crippen molar-refractivity contribution in [1.29, 1.82) is 0 Å². The van der Waals surface area contributed by atoms with E-state index in [1.54, 1.807) is 50.6 Å². The maximum atomic E-state index is 13.0. The van der Waals surface area contributed by atoms with Crippen LogP contribution in [-0.2, 0) is 27.9 Å². The molecule has 164 valence electrons. The molecule has 0 aliphatic rings. The lowest BCUT2D eigenvalue weighted by atomic mass is 10.1. The number of hydrogen-bond acceptors (Lipinski definition) is 7. The molecule has 8 nitrogen and oxygen atoms in total. The average Bonchev–Trinajstić information content (AvgIpc) is 2.77. The van der Waals surface area contributed by atoms with Crippen LogP contribution in [0.2, 0.25) is 0 Å². The van der Waals surface area contributed by atoms with Crippen LogP contribution >= 0.6 is 0 Å². The van der Waals surface area contributed by atoms with Gasteiger partial charge in [0, 0.05) is 42.8 Å². The van der Waals surface area contributed by atoms with Crippen molar-refractivity contribution in [3.63, 3.8) is 0 Å². The molecule has 0 amide bonds. The molecule has 0 saturated carbocycles. The van der Waals surface area contributed by atoms with Crippen molar-refractivity contribution in [3.8, 4) is 23.0 Å². The van der Waals surface area contributed by atoms with Crippen molar-refractivity contribution in [2.75, 3.05) is 34.2 Å². The van der Waals surface area contributed by atoms with Crippen molar-refractivity contribution in [1.82, 2.24) is 4.31 Å². The third kappa shape index (κ3) is 5.87. The van der Waals surface area contributed by atoms with Gasteiger partial charge < -0.3 is 23.7 Å². The number of benzene rings is 2. The monoisotopic (exact) mass is 437 g/mol. The van der Waals surface area contributed by atoms with Gasteiger partial charge in [0.25, 0.3) is 0 Å². The number of rotatable bonds is 12. The van der Waals surface area contributed by atoms with Gasteiger partial charge in [-0.3, -0.25) is 0 Å². The molecule has 2 aromatic carbocycles. The van der Waals surface area contributed by atoms with E-state index in [1.165, 1.54) is 18.5 Å². The summed E-state index contributed by atoms with van der Waals surface area (Å²) in [5.74, 6) is 1.93. The van der Waals surface area contributed by atoms with E-state index in [0.29, 0.717) is 40.4 Å². The highest BCUT2D eigenvalue weighted by atomic mass is 32.2. The number of methoxy groups -OCH3 is 4. The van der Waals surface area contributed by atoms with Gasteiger partial charge in [-0.15, -0.1) is 0 Å². The molecule has 9 heteroatoms. The van der Waals surface area contributed by atoms with Crippen LogP contribution in [0.5, 0.6) is 23.0 Å². The first-order chi connectivity index (χ1) is 14.4. The quantitative estimate of drug-likeness (QED) is 0.472. The minimum atomic E-state index is -3.73.